The van der Waals surface area contributed by atoms with E-state index in [1.54, 1.807) is 0 Å². The van der Waals surface area contributed by atoms with Gasteiger partial charge in [-0.15, -0.1) is 0 Å². The highest BCUT2D eigenvalue weighted by atomic mass is 32.1. The maximum absolute atomic E-state index is 5.06. The van der Waals surface area contributed by atoms with Crippen LogP contribution < -0.4 is 10.7 Å². The van der Waals surface area contributed by atoms with Crippen LogP contribution in [0.25, 0.3) is 0 Å². The molecule has 19 heavy (non-hydrogen) atoms. The summed E-state index contributed by atoms with van der Waals surface area (Å²) in [6.07, 6.45) is 10.0. The molecule has 0 unspecified atom stereocenters. The summed E-state index contributed by atoms with van der Waals surface area (Å²) in [5.41, 5.74) is 4.71. The van der Waals surface area contributed by atoms with Gasteiger partial charge in [-0.25, -0.2) is 0 Å². The lowest BCUT2D eigenvalue weighted by Gasteiger charge is -2.57. The summed E-state index contributed by atoms with van der Waals surface area (Å²) < 4.78 is 0. The Morgan fingerprint density at radius 3 is 2.16 bits per heavy atom. The van der Waals surface area contributed by atoms with E-state index in [9.17, 15) is 0 Å². The van der Waals surface area contributed by atoms with Crippen molar-refractivity contribution in [1.29, 1.82) is 0 Å². The predicted octanol–water partition coefficient (Wildman–Crippen LogP) is 3.06. The zero-order valence-electron chi connectivity index (χ0n) is 12.0. The quantitative estimate of drug-likeness (QED) is 0.473. The van der Waals surface area contributed by atoms with E-state index in [2.05, 4.69) is 22.8 Å². The molecule has 4 aliphatic carbocycles. The Bertz CT molecular complexity index is 367. The van der Waals surface area contributed by atoms with Gasteiger partial charge in [0.05, 0.1) is 0 Å². The van der Waals surface area contributed by atoms with Crippen molar-refractivity contribution in [3.63, 3.8) is 0 Å². The fraction of sp³-hybridized carbons (Fsp3) is 0.867. The van der Waals surface area contributed by atoms with Crippen LogP contribution in [0.3, 0.4) is 0 Å². The zero-order valence-corrected chi connectivity index (χ0v) is 12.9. The van der Waals surface area contributed by atoms with Crippen molar-refractivity contribution in [3.05, 3.63) is 0 Å². The fourth-order valence-corrected chi connectivity index (χ4v) is 5.34. The first kappa shape index (κ1) is 13.3. The van der Waals surface area contributed by atoms with E-state index in [0.717, 1.165) is 24.2 Å². The lowest BCUT2D eigenvalue weighted by molar-refractivity contribution is -0.0482. The number of hydrogen-bond acceptors (Lipinski definition) is 2. The SMILES string of the molecule is CNC(=S)N/N=C(/C)CC12CC3CC(CC(C3)C1)C2. The van der Waals surface area contributed by atoms with Crippen molar-refractivity contribution in [1.82, 2.24) is 10.7 Å². The van der Waals surface area contributed by atoms with E-state index in [-0.39, 0.29) is 0 Å². The van der Waals surface area contributed by atoms with Gasteiger partial charge in [-0.2, -0.15) is 5.10 Å². The van der Waals surface area contributed by atoms with Crippen molar-refractivity contribution < 1.29 is 0 Å². The molecule has 0 aromatic heterocycles. The Hall–Kier alpha value is -0.640. The van der Waals surface area contributed by atoms with E-state index in [4.69, 9.17) is 12.2 Å². The maximum Gasteiger partial charge on any atom is 0.186 e. The average molecular weight is 279 g/mol. The van der Waals surface area contributed by atoms with Gasteiger partial charge in [-0.3, -0.25) is 5.43 Å². The van der Waals surface area contributed by atoms with Crippen LogP contribution in [-0.4, -0.2) is 17.9 Å². The Morgan fingerprint density at radius 2 is 1.68 bits per heavy atom. The highest BCUT2D eigenvalue weighted by Gasteiger charge is 2.50. The summed E-state index contributed by atoms with van der Waals surface area (Å²) >= 11 is 5.06. The number of nitrogens with one attached hydrogen (secondary N) is 2. The number of thiocarbonyl (C=S) groups is 1. The molecule has 0 heterocycles. The molecule has 0 radical (unpaired) electrons. The predicted molar refractivity (Wildman–Crippen MR) is 83.1 cm³/mol. The highest BCUT2D eigenvalue weighted by Crippen LogP contribution is 2.61. The molecule has 0 atom stereocenters. The molecular formula is C15H25N3S. The molecular weight excluding hydrogens is 254 g/mol. The molecule has 0 aromatic carbocycles. The van der Waals surface area contributed by atoms with E-state index in [1.807, 2.05) is 7.05 Å². The van der Waals surface area contributed by atoms with Gasteiger partial charge in [0.2, 0.25) is 0 Å². The molecule has 0 saturated heterocycles. The third kappa shape index (κ3) is 2.78. The van der Waals surface area contributed by atoms with Gasteiger partial charge in [0.1, 0.15) is 0 Å². The summed E-state index contributed by atoms with van der Waals surface area (Å²) in [5, 5.41) is 7.93. The van der Waals surface area contributed by atoms with Gasteiger partial charge in [0.25, 0.3) is 0 Å². The lowest BCUT2D eigenvalue weighted by Crippen LogP contribution is -2.46. The molecule has 4 saturated carbocycles. The Morgan fingerprint density at radius 1 is 1.16 bits per heavy atom. The minimum absolute atomic E-state index is 0.575. The van der Waals surface area contributed by atoms with Crippen LogP contribution in [0.15, 0.2) is 5.10 Å². The molecule has 4 aliphatic rings. The summed E-state index contributed by atoms with van der Waals surface area (Å²) in [4.78, 5) is 0. The van der Waals surface area contributed by atoms with Gasteiger partial charge < -0.3 is 5.32 Å². The second kappa shape index (κ2) is 5.04. The van der Waals surface area contributed by atoms with Gasteiger partial charge >= 0.3 is 0 Å². The van der Waals surface area contributed by atoms with Gasteiger partial charge in [-0.1, -0.05) is 0 Å². The zero-order chi connectivity index (χ0) is 13.5. The minimum Gasteiger partial charge on any atom is -0.364 e. The molecule has 3 nitrogen and oxygen atoms in total. The van der Waals surface area contributed by atoms with Gasteiger partial charge in [0, 0.05) is 12.8 Å². The maximum atomic E-state index is 5.06. The molecule has 0 amide bonds. The monoisotopic (exact) mass is 279 g/mol. The molecule has 0 aromatic rings. The third-order valence-electron chi connectivity index (χ3n) is 5.37. The van der Waals surface area contributed by atoms with Crippen LogP contribution in [0.4, 0.5) is 0 Å². The highest BCUT2D eigenvalue weighted by molar-refractivity contribution is 7.80. The van der Waals surface area contributed by atoms with Crippen LogP contribution in [0, 0.1) is 23.2 Å². The van der Waals surface area contributed by atoms with Gasteiger partial charge in [-0.05, 0) is 87.3 Å². The second-order valence-electron chi connectivity index (χ2n) is 7.13. The topological polar surface area (TPSA) is 36.4 Å². The smallest absolute Gasteiger partial charge is 0.186 e. The summed E-state index contributed by atoms with van der Waals surface area (Å²) in [6.45, 7) is 2.14. The Balaban J connectivity index is 1.64. The minimum atomic E-state index is 0.575. The van der Waals surface area contributed by atoms with Crippen molar-refractivity contribution in [3.8, 4) is 0 Å². The van der Waals surface area contributed by atoms with Crippen LogP contribution in [0.1, 0.15) is 51.9 Å². The Labute approximate surface area is 121 Å². The number of rotatable bonds is 3. The first-order valence-electron chi connectivity index (χ1n) is 7.59. The van der Waals surface area contributed by atoms with Crippen LogP contribution in [-0.2, 0) is 0 Å². The van der Waals surface area contributed by atoms with Crippen molar-refractivity contribution >= 4 is 23.0 Å². The van der Waals surface area contributed by atoms with E-state index in [0.29, 0.717) is 10.5 Å². The van der Waals surface area contributed by atoms with Crippen LogP contribution in [0.5, 0.6) is 0 Å². The molecule has 4 heteroatoms. The number of nitrogens with zero attached hydrogens (tertiary/aromatic N) is 1. The normalized spacial score (nSPS) is 40.3. The first-order valence-corrected chi connectivity index (χ1v) is 8.00. The van der Waals surface area contributed by atoms with E-state index in [1.165, 1.54) is 44.2 Å². The molecule has 2 N–H and O–H groups in total. The van der Waals surface area contributed by atoms with Crippen molar-refractivity contribution in [2.24, 2.45) is 28.3 Å². The Kier molecular flexibility index (Phi) is 3.54. The summed E-state index contributed by atoms with van der Waals surface area (Å²) in [5.74, 6) is 3.06. The standard InChI is InChI=1S/C15H25N3S/c1-10(17-18-14(19)16-2)6-15-7-11-3-12(8-15)5-13(4-11)9-15/h11-13H,3-9H2,1-2H3,(H2,16,18,19)/b17-10-. The third-order valence-corrected chi connectivity index (χ3v) is 5.67. The van der Waals surface area contributed by atoms with Crippen LogP contribution in [0.2, 0.25) is 0 Å². The molecule has 4 fully saturated rings. The molecule has 106 valence electrons. The fourth-order valence-electron chi connectivity index (χ4n) is 5.29. The van der Waals surface area contributed by atoms with Crippen LogP contribution >= 0.6 is 12.2 Å². The van der Waals surface area contributed by atoms with Crippen molar-refractivity contribution in [2.45, 2.75) is 51.9 Å². The number of hydrogen-bond donors (Lipinski definition) is 2. The van der Waals surface area contributed by atoms with Gasteiger partial charge in [0.15, 0.2) is 5.11 Å². The van der Waals surface area contributed by atoms with Crippen molar-refractivity contribution in [2.75, 3.05) is 7.05 Å². The molecule has 4 bridgehead atoms. The largest absolute Gasteiger partial charge is 0.364 e. The lowest BCUT2D eigenvalue weighted by atomic mass is 9.48. The van der Waals surface area contributed by atoms with E-state index >= 15 is 0 Å². The number of hydrazone groups is 1. The molecule has 0 spiro atoms. The average Bonchev–Trinajstić information content (AvgIpc) is 2.33. The summed E-state index contributed by atoms with van der Waals surface area (Å²) in [7, 11) is 1.82. The van der Waals surface area contributed by atoms with E-state index < -0.39 is 0 Å². The molecule has 0 aliphatic heterocycles. The summed E-state index contributed by atoms with van der Waals surface area (Å²) in [6, 6.07) is 0. The second-order valence-corrected chi connectivity index (χ2v) is 7.54. The first-order chi connectivity index (χ1) is 9.08. The molecule has 4 rings (SSSR count).